The molecule has 4 nitrogen and oxygen atoms in total. The number of rotatable bonds is 5. The van der Waals surface area contributed by atoms with Crippen LogP contribution in [0.4, 0.5) is 4.79 Å². The Kier molecular flexibility index (Phi) is 6.21. The minimum absolute atomic E-state index is 0.0178. The minimum atomic E-state index is 0.0178. The van der Waals surface area contributed by atoms with Gasteiger partial charge in [0.1, 0.15) is 0 Å². The molecule has 110 valence electrons. The third-order valence-electron chi connectivity index (χ3n) is 3.55. The van der Waals surface area contributed by atoms with Crippen LogP contribution in [0.5, 0.6) is 0 Å². The first-order valence-electron chi connectivity index (χ1n) is 7.07. The fraction of sp³-hybridized carbons (Fsp3) is 0.533. The Bertz CT molecular complexity index is 408. The van der Waals surface area contributed by atoms with Crippen molar-refractivity contribution in [2.24, 2.45) is 0 Å². The Morgan fingerprint density at radius 2 is 2.00 bits per heavy atom. The maximum absolute atomic E-state index is 12.1. The predicted octanol–water partition coefficient (Wildman–Crippen LogP) is 1.91. The van der Waals surface area contributed by atoms with Gasteiger partial charge in [0, 0.05) is 43.7 Å². The van der Waals surface area contributed by atoms with Gasteiger partial charge in [0.25, 0.3) is 0 Å². The van der Waals surface area contributed by atoms with Gasteiger partial charge in [-0.15, -0.1) is 0 Å². The van der Waals surface area contributed by atoms with Crippen LogP contribution in [0.3, 0.4) is 0 Å². The molecule has 0 aliphatic carbocycles. The molecule has 1 aromatic rings. The van der Waals surface area contributed by atoms with Gasteiger partial charge in [0.05, 0.1) is 0 Å². The van der Waals surface area contributed by atoms with E-state index in [-0.39, 0.29) is 18.6 Å². The number of carbonyl (C=O) groups is 1. The average molecular weight is 294 g/mol. The molecule has 1 aliphatic rings. The summed E-state index contributed by atoms with van der Waals surface area (Å²) in [5.74, 6) is 2.21. The van der Waals surface area contributed by atoms with E-state index in [1.54, 1.807) is 0 Å². The average Bonchev–Trinajstić information content (AvgIpc) is 2.53. The van der Waals surface area contributed by atoms with Gasteiger partial charge in [-0.05, 0) is 12.0 Å². The molecule has 0 radical (unpaired) electrons. The second kappa shape index (κ2) is 8.17. The molecule has 2 rings (SSSR count). The molecule has 0 saturated carbocycles. The van der Waals surface area contributed by atoms with Crippen LogP contribution in [-0.4, -0.2) is 53.8 Å². The highest BCUT2D eigenvalue weighted by molar-refractivity contribution is 7.99. The van der Waals surface area contributed by atoms with Crippen molar-refractivity contribution in [2.75, 3.05) is 37.7 Å². The van der Waals surface area contributed by atoms with Crippen molar-refractivity contribution in [3.8, 4) is 0 Å². The van der Waals surface area contributed by atoms with E-state index in [1.807, 2.05) is 47.0 Å². The van der Waals surface area contributed by atoms with Crippen LogP contribution in [-0.2, 0) is 0 Å². The van der Waals surface area contributed by atoms with Crippen molar-refractivity contribution in [1.82, 2.24) is 10.2 Å². The number of nitrogens with zero attached hydrogens (tertiary/aromatic N) is 1. The number of aliphatic hydroxyl groups excluding tert-OH is 1. The first kappa shape index (κ1) is 15.2. The second-order valence-corrected chi connectivity index (χ2v) is 6.13. The topological polar surface area (TPSA) is 52.6 Å². The van der Waals surface area contributed by atoms with Crippen LogP contribution < -0.4 is 5.32 Å². The van der Waals surface area contributed by atoms with Gasteiger partial charge in [0.15, 0.2) is 0 Å². The standard InChI is InChI=1S/C15H22N2O2S/c18-9-6-14(13-4-2-1-3-5-13)12-16-15(19)17-7-10-20-11-8-17/h1-5,14,18H,6-12H2,(H,16,19). The molecule has 20 heavy (non-hydrogen) atoms. The van der Waals surface area contributed by atoms with E-state index in [2.05, 4.69) is 5.32 Å². The van der Waals surface area contributed by atoms with E-state index in [1.165, 1.54) is 0 Å². The van der Waals surface area contributed by atoms with E-state index >= 15 is 0 Å². The van der Waals surface area contributed by atoms with Crippen molar-refractivity contribution in [3.63, 3.8) is 0 Å². The fourth-order valence-corrected chi connectivity index (χ4v) is 3.26. The Labute approximate surface area is 124 Å². The van der Waals surface area contributed by atoms with E-state index in [4.69, 9.17) is 0 Å². The lowest BCUT2D eigenvalue weighted by Gasteiger charge is -2.27. The number of benzene rings is 1. The van der Waals surface area contributed by atoms with Gasteiger partial charge in [0.2, 0.25) is 0 Å². The third-order valence-corrected chi connectivity index (χ3v) is 4.49. The normalized spacial score (nSPS) is 16.8. The van der Waals surface area contributed by atoms with Gasteiger partial charge in [-0.25, -0.2) is 4.79 Å². The number of carbonyl (C=O) groups excluding carboxylic acids is 1. The number of aliphatic hydroxyl groups is 1. The number of urea groups is 1. The highest BCUT2D eigenvalue weighted by Crippen LogP contribution is 2.18. The molecule has 1 aliphatic heterocycles. The monoisotopic (exact) mass is 294 g/mol. The van der Waals surface area contributed by atoms with Crippen molar-refractivity contribution < 1.29 is 9.90 Å². The van der Waals surface area contributed by atoms with Gasteiger partial charge in [-0.3, -0.25) is 0 Å². The molecule has 1 atom stereocenters. The molecular weight excluding hydrogens is 272 g/mol. The zero-order valence-electron chi connectivity index (χ0n) is 11.6. The third kappa shape index (κ3) is 4.42. The molecule has 1 aromatic carbocycles. The van der Waals surface area contributed by atoms with E-state index in [0.717, 1.165) is 30.2 Å². The largest absolute Gasteiger partial charge is 0.396 e. The summed E-state index contributed by atoms with van der Waals surface area (Å²) in [5.41, 5.74) is 1.16. The summed E-state index contributed by atoms with van der Waals surface area (Å²) in [5, 5.41) is 12.2. The Hall–Kier alpha value is -1.20. The van der Waals surface area contributed by atoms with Gasteiger partial charge < -0.3 is 15.3 Å². The Morgan fingerprint density at radius 3 is 2.65 bits per heavy atom. The molecule has 0 aromatic heterocycles. The smallest absolute Gasteiger partial charge is 0.317 e. The Morgan fingerprint density at radius 1 is 1.30 bits per heavy atom. The molecule has 5 heteroatoms. The zero-order valence-corrected chi connectivity index (χ0v) is 12.4. The summed E-state index contributed by atoms with van der Waals surface area (Å²) in [4.78, 5) is 14.0. The van der Waals surface area contributed by atoms with Gasteiger partial charge in [-0.1, -0.05) is 30.3 Å². The Balaban J connectivity index is 1.87. The summed E-state index contributed by atoms with van der Waals surface area (Å²) in [6, 6.07) is 10.1. The SMILES string of the molecule is O=C(NCC(CCO)c1ccccc1)N1CCSCC1. The van der Waals surface area contributed by atoms with E-state index in [0.29, 0.717) is 13.0 Å². The van der Waals surface area contributed by atoms with Crippen LogP contribution in [0.2, 0.25) is 0 Å². The van der Waals surface area contributed by atoms with Crippen molar-refractivity contribution >= 4 is 17.8 Å². The van der Waals surface area contributed by atoms with Crippen molar-refractivity contribution in [2.45, 2.75) is 12.3 Å². The summed E-state index contributed by atoms with van der Waals surface area (Å²) in [6.45, 7) is 2.36. The zero-order chi connectivity index (χ0) is 14.2. The number of thioether (sulfide) groups is 1. The molecule has 1 fully saturated rings. The minimum Gasteiger partial charge on any atom is -0.396 e. The first-order chi connectivity index (χ1) is 9.81. The molecule has 2 N–H and O–H groups in total. The molecule has 1 heterocycles. The van der Waals surface area contributed by atoms with Crippen molar-refractivity contribution in [3.05, 3.63) is 35.9 Å². The second-order valence-electron chi connectivity index (χ2n) is 4.91. The quantitative estimate of drug-likeness (QED) is 0.872. The highest BCUT2D eigenvalue weighted by atomic mass is 32.2. The molecule has 1 unspecified atom stereocenters. The molecular formula is C15H22N2O2S. The maximum Gasteiger partial charge on any atom is 0.317 e. The number of nitrogens with one attached hydrogen (secondary N) is 1. The number of hydrogen-bond donors (Lipinski definition) is 2. The summed E-state index contributed by atoms with van der Waals surface area (Å²) in [7, 11) is 0. The van der Waals surface area contributed by atoms with Gasteiger partial charge >= 0.3 is 6.03 Å². The lowest BCUT2D eigenvalue weighted by molar-refractivity contribution is 0.201. The fourth-order valence-electron chi connectivity index (χ4n) is 2.36. The van der Waals surface area contributed by atoms with Crippen LogP contribution in [0.25, 0.3) is 0 Å². The lowest BCUT2D eigenvalue weighted by Crippen LogP contribution is -2.45. The summed E-state index contributed by atoms with van der Waals surface area (Å²) >= 11 is 1.89. The maximum atomic E-state index is 12.1. The molecule has 2 amide bonds. The highest BCUT2D eigenvalue weighted by Gasteiger charge is 2.18. The van der Waals surface area contributed by atoms with E-state index < -0.39 is 0 Å². The molecule has 1 saturated heterocycles. The summed E-state index contributed by atoms with van der Waals surface area (Å²) < 4.78 is 0. The van der Waals surface area contributed by atoms with Crippen LogP contribution in [0, 0.1) is 0 Å². The lowest BCUT2D eigenvalue weighted by atomic mass is 9.96. The van der Waals surface area contributed by atoms with Crippen molar-refractivity contribution in [1.29, 1.82) is 0 Å². The predicted molar refractivity (Wildman–Crippen MR) is 83.2 cm³/mol. The number of amides is 2. The summed E-state index contributed by atoms with van der Waals surface area (Å²) in [6.07, 6.45) is 0.667. The van der Waals surface area contributed by atoms with E-state index in [9.17, 15) is 9.90 Å². The molecule has 0 bridgehead atoms. The first-order valence-corrected chi connectivity index (χ1v) is 8.23. The van der Waals surface area contributed by atoms with Crippen LogP contribution >= 0.6 is 11.8 Å². The van der Waals surface area contributed by atoms with Crippen LogP contribution in [0.1, 0.15) is 17.9 Å². The van der Waals surface area contributed by atoms with Crippen LogP contribution in [0.15, 0.2) is 30.3 Å². The number of hydrogen-bond acceptors (Lipinski definition) is 3. The molecule has 0 spiro atoms. The van der Waals surface area contributed by atoms with Gasteiger partial charge in [-0.2, -0.15) is 11.8 Å².